The van der Waals surface area contributed by atoms with Crippen LogP contribution >= 0.6 is 0 Å². The molecule has 0 aliphatic carbocycles. The van der Waals surface area contributed by atoms with Gasteiger partial charge in [-0.15, -0.1) is 0 Å². The molecule has 32 heavy (non-hydrogen) atoms. The first-order valence-corrected chi connectivity index (χ1v) is 11.5. The Kier molecular flexibility index (Phi) is 6.22. The number of piperidine rings is 1. The van der Waals surface area contributed by atoms with E-state index in [0.717, 1.165) is 48.5 Å². The van der Waals surface area contributed by atoms with Crippen molar-refractivity contribution in [2.75, 3.05) is 44.2 Å². The van der Waals surface area contributed by atoms with Crippen LogP contribution in [0.3, 0.4) is 0 Å². The number of rotatable bonds is 2. The van der Waals surface area contributed by atoms with Gasteiger partial charge in [-0.2, -0.15) is 0 Å². The molecule has 8 nitrogen and oxygen atoms in total. The highest BCUT2D eigenvalue weighted by atomic mass is 16.6. The van der Waals surface area contributed by atoms with Crippen molar-refractivity contribution >= 4 is 28.7 Å². The Morgan fingerprint density at radius 3 is 2.44 bits per heavy atom. The summed E-state index contributed by atoms with van der Waals surface area (Å²) in [4.78, 5) is 40.8. The van der Waals surface area contributed by atoms with E-state index in [2.05, 4.69) is 16.0 Å². The van der Waals surface area contributed by atoms with Crippen molar-refractivity contribution in [1.82, 2.24) is 19.8 Å². The molecule has 2 aliphatic heterocycles. The van der Waals surface area contributed by atoms with Gasteiger partial charge in [-0.25, -0.2) is 14.8 Å². The molecule has 1 unspecified atom stereocenters. The minimum atomic E-state index is -0.534. The van der Waals surface area contributed by atoms with E-state index in [1.165, 1.54) is 0 Å². The lowest BCUT2D eigenvalue weighted by molar-refractivity contribution is -0.137. The molecular formula is C24H33N5O3. The maximum atomic E-state index is 13.2. The van der Waals surface area contributed by atoms with Crippen molar-refractivity contribution < 1.29 is 14.3 Å². The fraction of sp³-hybridized carbons (Fsp3) is 0.583. The first-order valence-electron chi connectivity index (χ1n) is 11.5. The first kappa shape index (κ1) is 22.3. The lowest BCUT2D eigenvalue weighted by Crippen LogP contribution is -2.53. The number of benzene rings is 1. The monoisotopic (exact) mass is 439 g/mol. The Labute approximate surface area is 189 Å². The van der Waals surface area contributed by atoms with Gasteiger partial charge in [0, 0.05) is 44.7 Å². The molecule has 2 aliphatic rings. The highest BCUT2D eigenvalue weighted by molar-refractivity contribution is 5.89. The van der Waals surface area contributed by atoms with Gasteiger partial charge in [0.2, 0.25) is 5.91 Å². The number of aryl methyl sites for hydroxylation is 1. The second kappa shape index (κ2) is 8.92. The number of hydrogen-bond donors (Lipinski definition) is 0. The highest BCUT2D eigenvalue weighted by Crippen LogP contribution is 2.26. The average molecular weight is 440 g/mol. The van der Waals surface area contributed by atoms with E-state index in [-0.39, 0.29) is 17.9 Å². The van der Waals surface area contributed by atoms with Gasteiger partial charge >= 0.3 is 6.09 Å². The molecule has 0 N–H and O–H groups in total. The largest absolute Gasteiger partial charge is 0.444 e. The van der Waals surface area contributed by atoms with Crippen LogP contribution in [0.1, 0.15) is 39.4 Å². The summed E-state index contributed by atoms with van der Waals surface area (Å²) in [6.07, 6.45) is 1.31. The molecule has 2 fully saturated rings. The highest BCUT2D eigenvalue weighted by Gasteiger charge is 2.34. The zero-order chi connectivity index (χ0) is 22.9. The maximum absolute atomic E-state index is 13.2. The van der Waals surface area contributed by atoms with Crippen LogP contribution in [-0.4, -0.2) is 76.6 Å². The van der Waals surface area contributed by atoms with E-state index in [4.69, 9.17) is 9.72 Å². The van der Waals surface area contributed by atoms with Crippen molar-refractivity contribution in [3.8, 4) is 0 Å². The van der Waals surface area contributed by atoms with Crippen molar-refractivity contribution in [2.24, 2.45) is 5.92 Å². The number of anilines is 1. The van der Waals surface area contributed by atoms with Gasteiger partial charge in [0.1, 0.15) is 17.2 Å². The molecule has 1 atom stereocenters. The molecule has 0 radical (unpaired) electrons. The summed E-state index contributed by atoms with van der Waals surface area (Å²) in [5, 5.41) is 1.04. The summed E-state index contributed by atoms with van der Waals surface area (Å²) in [6, 6.07) is 8.05. The summed E-state index contributed by atoms with van der Waals surface area (Å²) in [5.74, 6) is 1.67. The molecule has 0 spiro atoms. The Morgan fingerprint density at radius 1 is 1.00 bits per heavy atom. The Balaban J connectivity index is 1.38. The number of fused-ring (bicyclic) bond motifs is 1. The predicted octanol–water partition coefficient (Wildman–Crippen LogP) is 3.23. The number of aromatic nitrogens is 2. The molecule has 3 heterocycles. The number of amides is 2. The van der Waals surface area contributed by atoms with Crippen LogP contribution < -0.4 is 4.90 Å². The normalized spacial score (nSPS) is 19.9. The Hall–Kier alpha value is -2.90. The third-order valence-corrected chi connectivity index (χ3v) is 6.01. The molecule has 1 aromatic heterocycles. The molecule has 8 heteroatoms. The summed E-state index contributed by atoms with van der Waals surface area (Å²) in [6.45, 7) is 11.3. The van der Waals surface area contributed by atoms with Crippen LogP contribution in [0.25, 0.3) is 10.9 Å². The molecule has 2 amide bonds. The van der Waals surface area contributed by atoms with E-state index in [1.807, 2.05) is 50.8 Å². The van der Waals surface area contributed by atoms with Crippen LogP contribution in [0, 0.1) is 12.8 Å². The van der Waals surface area contributed by atoms with Gasteiger partial charge < -0.3 is 19.4 Å². The Bertz CT molecular complexity index is 995. The predicted molar refractivity (Wildman–Crippen MR) is 124 cm³/mol. The number of carbonyl (C=O) groups is 2. The van der Waals surface area contributed by atoms with Crippen molar-refractivity contribution in [3.63, 3.8) is 0 Å². The average Bonchev–Trinajstić information content (AvgIpc) is 2.77. The number of likely N-dealkylation sites (tertiary alicyclic amines) is 1. The number of ether oxygens (including phenoxy) is 1. The fourth-order valence-corrected chi connectivity index (χ4v) is 4.48. The molecular weight excluding hydrogens is 406 g/mol. The molecule has 4 rings (SSSR count). The number of hydrogen-bond acceptors (Lipinski definition) is 6. The van der Waals surface area contributed by atoms with E-state index in [0.29, 0.717) is 26.2 Å². The molecule has 172 valence electrons. The summed E-state index contributed by atoms with van der Waals surface area (Å²) < 4.78 is 5.50. The van der Waals surface area contributed by atoms with Gasteiger partial charge in [-0.1, -0.05) is 12.1 Å². The Morgan fingerprint density at radius 2 is 1.72 bits per heavy atom. The molecule has 0 bridgehead atoms. The molecule has 1 aromatic carbocycles. The van der Waals surface area contributed by atoms with Crippen molar-refractivity contribution in [3.05, 3.63) is 30.1 Å². The molecule has 0 saturated carbocycles. The second-order valence-corrected chi connectivity index (χ2v) is 9.69. The van der Waals surface area contributed by atoms with Gasteiger partial charge in [-0.3, -0.25) is 4.79 Å². The molecule has 2 saturated heterocycles. The fourth-order valence-electron chi connectivity index (χ4n) is 4.48. The quantitative estimate of drug-likeness (QED) is 0.715. The van der Waals surface area contributed by atoms with E-state index in [9.17, 15) is 9.59 Å². The summed E-state index contributed by atoms with van der Waals surface area (Å²) >= 11 is 0. The smallest absolute Gasteiger partial charge is 0.410 e. The number of piperazine rings is 1. The number of nitrogens with zero attached hydrogens (tertiary/aromatic N) is 5. The molecule has 2 aromatic rings. The minimum Gasteiger partial charge on any atom is -0.444 e. The standard InChI is InChI=1S/C24H33N5O3/c1-17-25-20-10-6-5-9-19(20)21(26-17)27-12-14-28(15-13-27)22(30)18-8-7-11-29(16-18)23(31)32-24(2,3)4/h5-6,9-10,18H,7-8,11-16H2,1-4H3. The van der Waals surface area contributed by atoms with Crippen LogP contribution in [0.15, 0.2) is 24.3 Å². The third-order valence-electron chi connectivity index (χ3n) is 6.01. The van der Waals surface area contributed by atoms with Crippen molar-refractivity contribution in [1.29, 1.82) is 0 Å². The third kappa shape index (κ3) is 4.95. The van der Waals surface area contributed by atoms with Gasteiger partial charge in [-0.05, 0) is 52.7 Å². The maximum Gasteiger partial charge on any atom is 0.410 e. The zero-order valence-electron chi connectivity index (χ0n) is 19.5. The van der Waals surface area contributed by atoms with Crippen molar-refractivity contribution in [2.45, 2.75) is 46.1 Å². The lowest BCUT2D eigenvalue weighted by atomic mass is 9.96. The first-order chi connectivity index (χ1) is 15.2. The summed E-state index contributed by atoms with van der Waals surface area (Å²) in [5.41, 5.74) is 0.409. The zero-order valence-corrected chi connectivity index (χ0v) is 19.5. The van der Waals surface area contributed by atoms with E-state index >= 15 is 0 Å². The van der Waals surface area contributed by atoms with Crippen LogP contribution in [0.2, 0.25) is 0 Å². The number of para-hydroxylation sites is 1. The minimum absolute atomic E-state index is 0.140. The lowest BCUT2D eigenvalue weighted by Gasteiger charge is -2.39. The van der Waals surface area contributed by atoms with E-state index in [1.54, 1.807) is 4.90 Å². The van der Waals surface area contributed by atoms with Gasteiger partial charge in [0.05, 0.1) is 11.4 Å². The van der Waals surface area contributed by atoms with Gasteiger partial charge in [0.15, 0.2) is 0 Å². The topological polar surface area (TPSA) is 78.9 Å². The van der Waals surface area contributed by atoms with Gasteiger partial charge in [0.25, 0.3) is 0 Å². The van der Waals surface area contributed by atoms with E-state index < -0.39 is 5.60 Å². The van der Waals surface area contributed by atoms with Crippen LogP contribution in [-0.2, 0) is 9.53 Å². The summed E-state index contributed by atoms with van der Waals surface area (Å²) in [7, 11) is 0. The second-order valence-electron chi connectivity index (χ2n) is 9.69. The number of carbonyl (C=O) groups excluding carboxylic acids is 2. The SMILES string of the molecule is Cc1nc(N2CCN(C(=O)C3CCCN(C(=O)OC(C)(C)C)C3)CC2)c2ccccc2n1. The van der Waals surface area contributed by atoms with Crippen LogP contribution in [0.5, 0.6) is 0 Å². The van der Waals surface area contributed by atoms with Crippen LogP contribution in [0.4, 0.5) is 10.6 Å².